The summed E-state index contributed by atoms with van der Waals surface area (Å²) in [6, 6.07) is 5.86. The summed E-state index contributed by atoms with van der Waals surface area (Å²) in [4.78, 5) is 14.6. The summed E-state index contributed by atoms with van der Waals surface area (Å²) < 4.78 is 0. The Morgan fingerprint density at radius 3 is 3.21 bits per heavy atom. The van der Waals surface area contributed by atoms with Gasteiger partial charge in [-0.05, 0) is 25.3 Å². The minimum atomic E-state index is 0.0602. The Balaban J connectivity index is 1.96. The zero-order valence-corrected chi connectivity index (χ0v) is 10.8. The standard InChI is InChI=1S/C14H18N4O/c15-8-11-5-1-2-7-18(11)14(19)12-6-3-4-10-9-16-17-13(10)12/h3-4,6,9,11H,1-2,5,7-8,15H2,(H,16,17)/t11-/m1/s1. The van der Waals surface area contributed by atoms with E-state index in [4.69, 9.17) is 5.73 Å². The van der Waals surface area contributed by atoms with Gasteiger partial charge in [0.05, 0.1) is 17.3 Å². The van der Waals surface area contributed by atoms with Crippen molar-refractivity contribution < 1.29 is 4.79 Å². The quantitative estimate of drug-likeness (QED) is 0.857. The second-order valence-corrected chi connectivity index (χ2v) is 5.02. The highest BCUT2D eigenvalue weighted by molar-refractivity contribution is 6.05. The first-order valence-corrected chi connectivity index (χ1v) is 6.74. The molecule has 0 unspecified atom stereocenters. The molecule has 3 rings (SSSR count). The third-order valence-corrected chi connectivity index (χ3v) is 3.87. The maximum absolute atomic E-state index is 12.7. The third kappa shape index (κ3) is 2.10. The van der Waals surface area contributed by atoms with E-state index in [1.807, 2.05) is 23.1 Å². The van der Waals surface area contributed by atoms with E-state index < -0.39 is 0 Å². The summed E-state index contributed by atoms with van der Waals surface area (Å²) in [5, 5.41) is 7.89. The lowest BCUT2D eigenvalue weighted by molar-refractivity contribution is 0.0625. The van der Waals surface area contributed by atoms with Crippen LogP contribution < -0.4 is 5.73 Å². The van der Waals surface area contributed by atoms with Crippen LogP contribution in [0, 0.1) is 0 Å². The predicted octanol–water partition coefficient (Wildman–Crippen LogP) is 1.52. The van der Waals surface area contributed by atoms with Crippen molar-refractivity contribution in [1.82, 2.24) is 15.1 Å². The number of carbonyl (C=O) groups is 1. The number of carbonyl (C=O) groups excluding carboxylic acids is 1. The molecular formula is C14H18N4O. The summed E-state index contributed by atoms with van der Waals surface area (Å²) in [6.07, 6.45) is 4.95. The van der Waals surface area contributed by atoms with Gasteiger partial charge in [-0.2, -0.15) is 5.10 Å². The predicted molar refractivity (Wildman–Crippen MR) is 73.8 cm³/mol. The van der Waals surface area contributed by atoms with Crippen molar-refractivity contribution in [3.63, 3.8) is 0 Å². The van der Waals surface area contributed by atoms with Crippen molar-refractivity contribution in [3.05, 3.63) is 30.0 Å². The van der Waals surface area contributed by atoms with Gasteiger partial charge in [-0.1, -0.05) is 12.1 Å². The van der Waals surface area contributed by atoms with Crippen LogP contribution in [0.1, 0.15) is 29.6 Å². The molecule has 5 nitrogen and oxygen atoms in total. The number of benzene rings is 1. The van der Waals surface area contributed by atoms with Gasteiger partial charge < -0.3 is 10.6 Å². The molecule has 0 aliphatic carbocycles. The van der Waals surface area contributed by atoms with Crippen LogP contribution in [0.2, 0.25) is 0 Å². The van der Waals surface area contributed by atoms with Crippen LogP contribution in [0.25, 0.3) is 10.9 Å². The van der Waals surface area contributed by atoms with E-state index in [1.165, 1.54) is 0 Å². The van der Waals surface area contributed by atoms with E-state index in [9.17, 15) is 4.79 Å². The van der Waals surface area contributed by atoms with Crippen molar-refractivity contribution in [1.29, 1.82) is 0 Å². The Kier molecular flexibility index (Phi) is 3.21. The highest BCUT2D eigenvalue weighted by Crippen LogP contribution is 2.22. The molecule has 1 aromatic heterocycles. The molecule has 1 fully saturated rings. The lowest BCUT2D eigenvalue weighted by Gasteiger charge is -2.35. The van der Waals surface area contributed by atoms with E-state index in [1.54, 1.807) is 6.20 Å². The van der Waals surface area contributed by atoms with Crippen molar-refractivity contribution in [2.45, 2.75) is 25.3 Å². The molecule has 19 heavy (non-hydrogen) atoms. The molecule has 0 bridgehead atoms. The van der Waals surface area contributed by atoms with E-state index in [-0.39, 0.29) is 11.9 Å². The van der Waals surface area contributed by atoms with Crippen molar-refractivity contribution >= 4 is 16.8 Å². The van der Waals surface area contributed by atoms with Crippen LogP contribution in [0.15, 0.2) is 24.4 Å². The molecule has 3 N–H and O–H groups in total. The highest BCUT2D eigenvalue weighted by atomic mass is 16.2. The molecule has 100 valence electrons. The number of likely N-dealkylation sites (tertiary alicyclic amines) is 1. The molecule has 2 heterocycles. The van der Waals surface area contributed by atoms with Gasteiger partial charge in [0.15, 0.2) is 0 Å². The van der Waals surface area contributed by atoms with E-state index in [0.29, 0.717) is 12.1 Å². The lowest BCUT2D eigenvalue weighted by Crippen LogP contribution is -2.47. The number of nitrogens with zero attached hydrogens (tertiary/aromatic N) is 2. The minimum Gasteiger partial charge on any atom is -0.334 e. The number of H-pyrrole nitrogens is 1. The van der Waals surface area contributed by atoms with Crippen LogP contribution >= 0.6 is 0 Å². The fourth-order valence-corrected chi connectivity index (χ4v) is 2.81. The molecule has 1 aliphatic heterocycles. The number of hydrogen-bond acceptors (Lipinski definition) is 3. The van der Waals surface area contributed by atoms with Crippen LogP contribution in [-0.2, 0) is 0 Å². The summed E-state index contributed by atoms with van der Waals surface area (Å²) >= 11 is 0. The number of aromatic nitrogens is 2. The van der Waals surface area contributed by atoms with E-state index in [0.717, 1.165) is 36.7 Å². The van der Waals surface area contributed by atoms with Gasteiger partial charge in [0.1, 0.15) is 0 Å². The average molecular weight is 258 g/mol. The van der Waals surface area contributed by atoms with E-state index >= 15 is 0 Å². The maximum Gasteiger partial charge on any atom is 0.256 e. The molecule has 5 heteroatoms. The number of amides is 1. The summed E-state index contributed by atoms with van der Waals surface area (Å²) in [5.74, 6) is 0.0602. The maximum atomic E-state index is 12.7. The van der Waals surface area contributed by atoms with Gasteiger partial charge in [0, 0.05) is 24.5 Å². The van der Waals surface area contributed by atoms with Gasteiger partial charge in [-0.25, -0.2) is 0 Å². The van der Waals surface area contributed by atoms with Crippen LogP contribution in [0.5, 0.6) is 0 Å². The van der Waals surface area contributed by atoms with Crippen LogP contribution in [0.3, 0.4) is 0 Å². The number of piperidine rings is 1. The first kappa shape index (κ1) is 12.2. The van der Waals surface area contributed by atoms with Gasteiger partial charge in [0.2, 0.25) is 0 Å². The second-order valence-electron chi connectivity index (χ2n) is 5.02. The summed E-state index contributed by atoms with van der Waals surface area (Å²) in [7, 11) is 0. The zero-order chi connectivity index (χ0) is 13.2. The number of nitrogens with one attached hydrogen (secondary N) is 1. The van der Waals surface area contributed by atoms with Gasteiger partial charge in [-0.3, -0.25) is 9.89 Å². The van der Waals surface area contributed by atoms with Gasteiger partial charge in [0.25, 0.3) is 5.91 Å². The molecule has 2 aromatic rings. The molecule has 1 aromatic carbocycles. The van der Waals surface area contributed by atoms with Crippen molar-refractivity contribution in [2.24, 2.45) is 5.73 Å². The monoisotopic (exact) mass is 258 g/mol. The number of nitrogens with two attached hydrogens (primary N) is 1. The van der Waals surface area contributed by atoms with Crippen LogP contribution in [0.4, 0.5) is 0 Å². The largest absolute Gasteiger partial charge is 0.334 e. The van der Waals surface area contributed by atoms with Gasteiger partial charge in [-0.15, -0.1) is 0 Å². The second kappa shape index (κ2) is 5.01. The Morgan fingerprint density at radius 1 is 1.47 bits per heavy atom. The molecule has 1 aliphatic rings. The molecule has 0 saturated carbocycles. The Bertz CT molecular complexity index is 592. The molecule has 1 atom stereocenters. The molecule has 1 amide bonds. The average Bonchev–Trinajstić information content (AvgIpc) is 2.94. The molecule has 0 spiro atoms. The Labute approximate surface area is 111 Å². The number of rotatable bonds is 2. The zero-order valence-electron chi connectivity index (χ0n) is 10.8. The summed E-state index contributed by atoms with van der Waals surface area (Å²) in [5.41, 5.74) is 7.29. The third-order valence-electron chi connectivity index (χ3n) is 3.87. The highest BCUT2D eigenvalue weighted by Gasteiger charge is 2.27. The number of para-hydroxylation sites is 1. The van der Waals surface area contributed by atoms with Crippen molar-refractivity contribution in [3.8, 4) is 0 Å². The first-order chi connectivity index (χ1) is 9.31. The lowest BCUT2D eigenvalue weighted by atomic mass is 10.0. The topological polar surface area (TPSA) is 75.0 Å². The summed E-state index contributed by atoms with van der Waals surface area (Å²) in [6.45, 7) is 1.33. The Morgan fingerprint density at radius 2 is 2.37 bits per heavy atom. The van der Waals surface area contributed by atoms with Gasteiger partial charge >= 0.3 is 0 Å². The number of aromatic amines is 1. The van der Waals surface area contributed by atoms with Crippen molar-refractivity contribution in [2.75, 3.05) is 13.1 Å². The molecular weight excluding hydrogens is 240 g/mol. The SMILES string of the molecule is NC[C@H]1CCCCN1C(=O)c1cccc2cn[nH]c12. The minimum absolute atomic E-state index is 0.0602. The fraction of sp³-hybridized carbons (Fsp3) is 0.429. The first-order valence-electron chi connectivity index (χ1n) is 6.74. The fourth-order valence-electron chi connectivity index (χ4n) is 2.81. The normalized spacial score (nSPS) is 19.8. The number of fused-ring (bicyclic) bond motifs is 1. The molecule has 0 radical (unpaired) electrons. The van der Waals surface area contributed by atoms with E-state index in [2.05, 4.69) is 10.2 Å². The number of hydrogen-bond donors (Lipinski definition) is 2. The van der Waals surface area contributed by atoms with Crippen LogP contribution in [-0.4, -0.2) is 40.1 Å². The smallest absolute Gasteiger partial charge is 0.256 e. The Hall–Kier alpha value is -1.88. The molecule has 1 saturated heterocycles.